The molecule has 1 N–H and O–H groups in total. The van der Waals surface area contributed by atoms with Gasteiger partial charge >= 0.3 is 0 Å². The van der Waals surface area contributed by atoms with E-state index in [1.807, 2.05) is 49.1 Å². The number of carbonyl (C=O) groups is 1. The molecule has 0 aromatic heterocycles. The number of phenolic OH excluding ortho intramolecular Hbond substituents is 1. The highest BCUT2D eigenvalue weighted by Crippen LogP contribution is 2.34. The second-order valence-corrected chi connectivity index (χ2v) is 9.17. The van der Waals surface area contributed by atoms with Crippen LogP contribution in [0.15, 0.2) is 61.2 Å². The van der Waals surface area contributed by atoms with E-state index < -0.39 is 0 Å². The lowest BCUT2D eigenvalue weighted by atomic mass is 9.93. The van der Waals surface area contributed by atoms with Crippen molar-refractivity contribution in [3.8, 4) is 5.75 Å². The number of aromatic hydroxyl groups is 1. The number of nitrogens with zero attached hydrogens (tertiary/aromatic N) is 3. The van der Waals surface area contributed by atoms with Crippen LogP contribution in [0.4, 0.5) is 0 Å². The maximum absolute atomic E-state index is 12.8. The minimum Gasteiger partial charge on any atom is -0.508 e. The standard InChI is InChI=1S/C28H39N3O2/c1-7-20(4)31-21(5)18-30(19-22(31)6)27(25-11-10-12-26(32)17-25)23-13-15-24(16-14-23)28(33)29(8-2)9-3/h7,10-17,20-22,27,32H,1,8-9,18-19H2,2-6H3/t20?,21-,22+,27?. The van der Waals surface area contributed by atoms with E-state index in [0.717, 1.165) is 24.2 Å². The van der Waals surface area contributed by atoms with Crippen molar-refractivity contribution in [1.82, 2.24) is 14.7 Å². The van der Waals surface area contributed by atoms with E-state index in [-0.39, 0.29) is 17.7 Å². The quantitative estimate of drug-likeness (QED) is 0.581. The van der Waals surface area contributed by atoms with Crippen LogP contribution in [0.1, 0.15) is 62.1 Å². The van der Waals surface area contributed by atoms with Crippen molar-refractivity contribution in [1.29, 1.82) is 0 Å². The van der Waals surface area contributed by atoms with Crippen molar-refractivity contribution in [2.75, 3.05) is 26.2 Å². The molecule has 1 saturated heterocycles. The first-order valence-corrected chi connectivity index (χ1v) is 12.1. The van der Waals surface area contributed by atoms with E-state index in [1.165, 1.54) is 0 Å². The summed E-state index contributed by atoms with van der Waals surface area (Å²) in [4.78, 5) is 19.6. The normalized spacial score (nSPS) is 21.4. The zero-order chi connectivity index (χ0) is 24.1. The number of rotatable bonds is 8. The van der Waals surface area contributed by atoms with Gasteiger partial charge in [0.15, 0.2) is 0 Å². The lowest BCUT2D eigenvalue weighted by molar-refractivity contribution is 0.0109. The largest absolute Gasteiger partial charge is 0.508 e. The number of hydrogen-bond acceptors (Lipinski definition) is 4. The van der Waals surface area contributed by atoms with Gasteiger partial charge in [0.05, 0.1) is 6.04 Å². The molecule has 1 fully saturated rings. The Hall–Kier alpha value is -2.63. The van der Waals surface area contributed by atoms with Crippen LogP contribution < -0.4 is 0 Å². The fourth-order valence-corrected chi connectivity index (χ4v) is 5.32. The summed E-state index contributed by atoms with van der Waals surface area (Å²) < 4.78 is 0. The molecule has 2 aromatic rings. The lowest BCUT2D eigenvalue weighted by Crippen LogP contribution is -2.59. The maximum atomic E-state index is 12.8. The van der Waals surface area contributed by atoms with Crippen molar-refractivity contribution < 1.29 is 9.90 Å². The molecule has 5 heteroatoms. The lowest BCUT2D eigenvalue weighted by Gasteiger charge is -2.49. The molecule has 1 heterocycles. The summed E-state index contributed by atoms with van der Waals surface area (Å²) in [6.45, 7) is 18.0. The predicted molar refractivity (Wildman–Crippen MR) is 136 cm³/mol. The molecule has 2 aromatic carbocycles. The molecule has 2 unspecified atom stereocenters. The van der Waals surface area contributed by atoms with Gasteiger partial charge in [-0.15, -0.1) is 6.58 Å². The predicted octanol–water partition coefficient (Wildman–Crippen LogP) is 4.93. The van der Waals surface area contributed by atoms with Crippen LogP contribution in [0, 0.1) is 0 Å². The molecule has 1 amide bonds. The highest BCUT2D eigenvalue weighted by Gasteiger charge is 2.35. The minimum absolute atomic E-state index is 0.000734. The third kappa shape index (κ3) is 5.48. The Morgan fingerprint density at radius 2 is 1.70 bits per heavy atom. The van der Waals surface area contributed by atoms with Gasteiger partial charge in [-0.1, -0.05) is 30.3 Å². The molecule has 1 aliphatic heterocycles. The second kappa shape index (κ2) is 11.0. The Balaban J connectivity index is 1.95. The summed E-state index contributed by atoms with van der Waals surface area (Å²) in [7, 11) is 0. The van der Waals surface area contributed by atoms with Crippen LogP contribution in [0.3, 0.4) is 0 Å². The molecule has 0 spiro atoms. The third-order valence-electron chi connectivity index (χ3n) is 6.90. The molecule has 4 atom stereocenters. The monoisotopic (exact) mass is 449 g/mol. The summed E-state index contributed by atoms with van der Waals surface area (Å²) in [5.41, 5.74) is 2.90. The first-order valence-electron chi connectivity index (χ1n) is 12.1. The summed E-state index contributed by atoms with van der Waals surface area (Å²) in [5.74, 6) is 0.334. The number of phenols is 1. The number of carbonyl (C=O) groups excluding carboxylic acids is 1. The van der Waals surface area contributed by atoms with Crippen LogP contribution >= 0.6 is 0 Å². The molecule has 178 valence electrons. The molecule has 0 radical (unpaired) electrons. The molecule has 33 heavy (non-hydrogen) atoms. The van der Waals surface area contributed by atoms with Gasteiger partial charge in [0, 0.05) is 49.9 Å². The zero-order valence-electron chi connectivity index (χ0n) is 20.7. The average Bonchev–Trinajstić information content (AvgIpc) is 2.80. The van der Waals surface area contributed by atoms with Crippen LogP contribution in [0.2, 0.25) is 0 Å². The van der Waals surface area contributed by atoms with Gasteiger partial charge in [-0.05, 0) is 70.0 Å². The van der Waals surface area contributed by atoms with Gasteiger partial charge in [0.1, 0.15) is 5.75 Å². The Morgan fingerprint density at radius 3 is 2.21 bits per heavy atom. The number of hydrogen-bond donors (Lipinski definition) is 1. The SMILES string of the molecule is C=CC(C)N1[C@H](C)CN(C(c2ccc(C(=O)N(CC)CC)cc2)c2cccc(O)c2)C[C@@H]1C. The van der Waals surface area contributed by atoms with Gasteiger partial charge in [-0.3, -0.25) is 14.6 Å². The van der Waals surface area contributed by atoms with E-state index in [0.29, 0.717) is 36.8 Å². The van der Waals surface area contributed by atoms with E-state index in [1.54, 1.807) is 6.07 Å². The topological polar surface area (TPSA) is 47.0 Å². The molecule has 3 rings (SSSR count). The highest BCUT2D eigenvalue weighted by molar-refractivity contribution is 5.94. The second-order valence-electron chi connectivity index (χ2n) is 9.17. The third-order valence-corrected chi connectivity index (χ3v) is 6.90. The molecule has 5 nitrogen and oxygen atoms in total. The molecule has 0 bridgehead atoms. The molecular formula is C28H39N3O2. The van der Waals surface area contributed by atoms with Crippen molar-refractivity contribution in [3.63, 3.8) is 0 Å². The Labute approximate surface area is 199 Å². The van der Waals surface area contributed by atoms with Crippen molar-refractivity contribution >= 4 is 5.91 Å². The van der Waals surface area contributed by atoms with E-state index in [4.69, 9.17) is 0 Å². The smallest absolute Gasteiger partial charge is 0.253 e. The van der Waals surface area contributed by atoms with Gasteiger partial charge < -0.3 is 10.0 Å². The fourth-order valence-electron chi connectivity index (χ4n) is 5.32. The Bertz CT molecular complexity index is 926. The Kier molecular flexibility index (Phi) is 8.33. The fraction of sp³-hybridized carbons (Fsp3) is 0.464. The summed E-state index contributed by atoms with van der Waals surface area (Å²) in [5, 5.41) is 10.2. The molecular weight excluding hydrogens is 410 g/mol. The van der Waals surface area contributed by atoms with E-state index >= 15 is 0 Å². The number of piperazine rings is 1. The summed E-state index contributed by atoms with van der Waals surface area (Å²) >= 11 is 0. The van der Waals surface area contributed by atoms with E-state index in [2.05, 4.69) is 55.3 Å². The molecule has 0 aliphatic carbocycles. The maximum Gasteiger partial charge on any atom is 0.253 e. The molecule has 0 saturated carbocycles. The highest BCUT2D eigenvalue weighted by atomic mass is 16.3. The van der Waals surface area contributed by atoms with Crippen LogP contribution in [0.5, 0.6) is 5.75 Å². The number of benzene rings is 2. The zero-order valence-corrected chi connectivity index (χ0v) is 20.7. The Morgan fingerprint density at radius 1 is 1.09 bits per heavy atom. The first-order chi connectivity index (χ1) is 15.8. The van der Waals surface area contributed by atoms with Gasteiger partial charge in [0.2, 0.25) is 0 Å². The molecule has 1 aliphatic rings. The first kappa shape index (κ1) is 25.0. The van der Waals surface area contributed by atoms with Crippen LogP contribution in [-0.4, -0.2) is 70.0 Å². The van der Waals surface area contributed by atoms with Crippen molar-refractivity contribution in [3.05, 3.63) is 77.9 Å². The summed E-state index contributed by atoms with van der Waals surface area (Å²) in [6, 6.07) is 16.6. The number of amides is 1. The van der Waals surface area contributed by atoms with Crippen molar-refractivity contribution in [2.45, 2.75) is 58.8 Å². The van der Waals surface area contributed by atoms with E-state index in [9.17, 15) is 9.90 Å². The van der Waals surface area contributed by atoms with Crippen LogP contribution in [-0.2, 0) is 0 Å². The van der Waals surface area contributed by atoms with Crippen LogP contribution in [0.25, 0.3) is 0 Å². The van der Waals surface area contributed by atoms with Gasteiger partial charge in [0.25, 0.3) is 5.91 Å². The summed E-state index contributed by atoms with van der Waals surface area (Å²) in [6.07, 6.45) is 2.01. The van der Waals surface area contributed by atoms with Gasteiger partial charge in [-0.2, -0.15) is 0 Å². The van der Waals surface area contributed by atoms with Gasteiger partial charge in [-0.25, -0.2) is 0 Å². The minimum atomic E-state index is 0.000734. The average molecular weight is 450 g/mol. The van der Waals surface area contributed by atoms with Crippen molar-refractivity contribution in [2.24, 2.45) is 0 Å².